The second-order valence-electron chi connectivity index (χ2n) is 5.07. The Morgan fingerprint density at radius 3 is 2.50 bits per heavy atom. The first-order chi connectivity index (χ1) is 10.6. The van der Waals surface area contributed by atoms with Gasteiger partial charge in [-0.2, -0.15) is 0 Å². The number of rotatable bonds is 5. The third-order valence-corrected chi connectivity index (χ3v) is 4.15. The molecule has 1 heterocycles. The van der Waals surface area contributed by atoms with Crippen molar-refractivity contribution in [3.8, 4) is 0 Å². The molecule has 0 spiro atoms. The first-order valence-corrected chi connectivity index (χ1v) is 7.80. The van der Waals surface area contributed by atoms with Crippen molar-refractivity contribution in [1.82, 2.24) is 15.8 Å². The molecule has 0 aliphatic heterocycles. The van der Waals surface area contributed by atoms with Gasteiger partial charge in [0.25, 0.3) is 11.8 Å². The Labute approximate surface area is 133 Å². The Hall–Kier alpha value is -2.18. The lowest BCUT2D eigenvalue weighted by Gasteiger charge is -2.16. The molecule has 0 unspecified atom stereocenters. The smallest absolute Gasteiger partial charge is 0.269 e. The Balaban J connectivity index is 1.76. The number of nitrogens with zero attached hydrogens (tertiary/aromatic N) is 1. The zero-order valence-electron chi connectivity index (χ0n) is 12.6. The number of benzene rings is 1. The van der Waals surface area contributed by atoms with Crippen molar-refractivity contribution in [2.45, 2.75) is 13.5 Å². The molecular weight excluding hydrogens is 298 g/mol. The van der Waals surface area contributed by atoms with Gasteiger partial charge in [0, 0.05) is 17.0 Å². The topological polar surface area (TPSA) is 61.4 Å². The van der Waals surface area contributed by atoms with E-state index in [-0.39, 0.29) is 18.4 Å². The number of likely N-dealkylation sites (N-methyl/N-ethyl adjacent to an activating group) is 1. The minimum absolute atomic E-state index is 0.215. The molecule has 0 bridgehead atoms. The van der Waals surface area contributed by atoms with Crippen molar-refractivity contribution < 1.29 is 9.59 Å². The summed E-state index contributed by atoms with van der Waals surface area (Å²) in [6.45, 7) is 2.98. The maximum Gasteiger partial charge on any atom is 0.269 e. The van der Waals surface area contributed by atoms with Crippen LogP contribution in [0.1, 0.15) is 20.8 Å². The molecular formula is C16H19N3O2S. The molecule has 2 N–H and O–H groups in total. The quantitative estimate of drug-likeness (QED) is 0.829. The van der Waals surface area contributed by atoms with Gasteiger partial charge in [-0.15, -0.1) is 11.3 Å². The van der Waals surface area contributed by atoms with Crippen LogP contribution in [0.5, 0.6) is 0 Å². The standard InChI is InChI=1S/C16H19N3O2S/c1-12-8-9-22-14(12)10-19(2)11-15(20)17-18-16(21)13-6-4-3-5-7-13/h3-9H,10-11H2,1-2H3,(H,17,20)(H,18,21). The molecule has 6 heteroatoms. The van der Waals surface area contributed by atoms with Crippen molar-refractivity contribution in [1.29, 1.82) is 0 Å². The number of amides is 2. The average Bonchev–Trinajstić information content (AvgIpc) is 2.90. The van der Waals surface area contributed by atoms with E-state index in [1.807, 2.05) is 23.4 Å². The van der Waals surface area contributed by atoms with Crippen LogP contribution in [-0.2, 0) is 11.3 Å². The van der Waals surface area contributed by atoms with E-state index in [0.717, 1.165) is 0 Å². The summed E-state index contributed by atoms with van der Waals surface area (Å²) in [5, 5.41) is 2.04. The minimum Gasteiger partial charge on any atom is -0.292 e. The van der Waals surface area contributed by atoms with Gasteiger partial charge >= 0.3 is 0 Å². The van der Waals surface area contributed by atoms with Crippen LogP contribution < -0.4 is 10.9 Å². The van der Waals surface area contributed by atoms with Crippen LogP contribution in [0.3, 0.4) is 0 Å². The Bertz CT molecular complexity index is 640. The van der Waals surface area contributed by atoms with Crippen LogP contribution in [0.4, 0.5) is 0 Å². The fourth-order valence-corrected chi connectivity index (χ4v) is 2.93. The van der Waals surface area contributed by atoms with Gasteiger partial charge < -0.3 is 0 Å². The van der Waals surface area contributed by atoms with E-state index in [1.54, 1.807) is 35.6 Å². The summed E-state index contributed by atoms with van der Waals surface area (Å²) < 4.78 is 0. The van der Waals surface area contributed by atoms with Crippen molar-refractivity contribution in [3.63, 3.8) is 0 Å². The first-order valence-electron chi connectivity index (χ1n) is 6.92. The lowest BCUT2D eigenvalue weighted by Crippen LogP contribution is -2.45. The molecule has 0 saturated heterocycles. The Kier molecular flexibility index (Phi) is 5.68. The van der Waals surface area contributed by atoms with Crippen molar-refractivity contribution in [3.05, 3.63) is 57.8 Å². The molecule has 1 aromatic heterocycles. The highest BCUT2D eigenvalue weighted by molar-refractivity contribution is 7.10. The minimum atomic E-state index is -0.328. The first kappa shape index (κ1) is 16.2. The van der Waals surface area contributed by atoms with E-state index in [2.05, 4.69) is 23.8 Å². The monoisotopic (exact) mass is 317 g/mol. The number of carbonyl (C=O) groups excluding carboxylic acids is 2. The number of carbonyl (C=O) groups is 2. The molecule has 22 heavy (non-hydrogen) atoms. The third kappa shape index (κ3) is 4.68. The van der Waals surface area contributed by atoms with Gasteiger partial charge in [0.2, 0.25) is 0 Å². The molecule has 2 rings (SSSR count). The maximum atomic E-state index is 11.8. The van der Waals surface area contributed by atoms with Crippen LogP contribution >= 0.6 is 11.3 Å². The predicted molar refractivity (Wildman–Crippen MR) is 87.4 cm³/mol. The van der Waals surface area contributed by atoms with Crippen LogP contribution in [0.25, 0.3) is 0 Å². The number of hydrogen-bond donors (Lipinski definition) is 2. The second kappa shape index (κ2) is 7.72. The number of nitrogens with one attached hydrogen (secondary N) is 2. The zero-order valence-corrected chi connectivity index (χ0v) is 13.4. The summed E-state index contributed by atoms with van der Waals surface area (Å²) >= 11 is 1.68. The third-order valence-electron chi connectivity index (χ3n) is 3.15. The zero-order chi connectivity index (χ0) is 15.9. The largest absolute Gasteiger partial charge is 0.292 e. The molecule has 0 saturated carbocycles. The Morgan fingerprint density at radius 1 is 1.14 bits per heavy atom. The van der Waals surface area contributed by atoms with Crippen molar-refractivity contribution >= 4 is 23.2 Å². The summed E-state index contributed by atoms with van der Waals surface area (Å²) in [4.78, 5) is 26.8. The maximum absolute atomic E-state index is 11.8. The fraction of sp³-hybridized carbons (Fsp3) is 0.250. The van der Waals surface area contributed by atoms with Gasteiger partial charge in [0.1, 0.15) is 0 Å². The lowest BCUT2D eigenvalue weighted by molar-refractivity contribution is -0.122. The molecule has 0 radical (unpaired) electrons. The summed E-state index contributed by atoms with van der Waals surface area (Å²) in [5.74, 6) is -0.577. The highest BCUT2D eigenvalue weighted by Gasteiger charge is 2.10. The van der Waals surface area contributed by atoms with E-state index in [9.17, 15) is 9.59 Å². The molecule has 0 atom stereocenters. The molecule has 0 aliphatic rings. The van der Waals surface area contributed by atoms with Gasteiger partial charge in [-0.1, -0.05) is 18.2 Å². The van der Waals surface area contributed by atoms with E-state index in [4.69, 9.17) is 0 Å². The van der Waals surface area contributed by atoms with Crippen molar-refractivity contribution in [2.24, 2.45) is 0 Å². The normalized spacial score (nSPS) is 10.5. The molecule has 1 aromatic carbocycles. The second-order valence-corrected chi connectivity index (χ2v) is 6.07. The molecule has 0 aliphatic carbocycles. The summed E-state index contributed by atoms with van der Waals surface area (Å²) in [6.07, 6.45) is 0. The molecule has 116 valence electrons. The SMILES string of the molecule is Cc1ccsc1CN(C)CC(=O)NNC(=O)c1ccccc1. The molecule has 2 amide bonds. The van der Waals surface area contributed by atoms with Gasteiger partial charge in [-0.3, -0.25) is 25.3 Å². The molecule has 0 fully saturated rings. The van der Waals surface area contributed by atoms with Crippen LogP contribution in [0, 0.1) is 6.92 Å². The van der Waals surface area contributed by atoms with E-state index >= 15 is 0 Å². The van der Waals surface area contributed by atoms with Crippen LogP contribution in [0.2, 0.25) is 0 Å². The molecule has 2 aromatic rings. The highest BCUT2D eigenvalue weighted by atomic mass is 32.1. The summed E-state index contributed by atoms with van der Waals surface area (Å²) in [6, 6.07) is 10.8. The van der Waals surface area contributed by atoms with E-state index in [0.29, 0.717) is 12.1 Å². The average molecular weight is 317 g/mol. The van der Waals surface area contributed by atoms with Gasteiger partial charge in [-0.25, -0.2) is 0 Å². The van der Waals surface area contributed by atoms with Gasteiger partial charge in [-0.05, 0) is 43.1 Å². The Morgan fingerprint density at radius 2 is 1.86 bits per heavy atom. The highest BCUT2D eigenvalue weighted by Crippen LogP contribution is 2.16. The fourth-order valence-electron chi connectivity index (χ4n) is 1.94. The number of hydrogen-bond acceptors (Lipinski definition) is 4. The summed E-state index contributed by atoms with van der Waals surface area (Å²) in [7, 11) is 1.87. The van der Waals surface area contributed by atoms with E-state index in [1.165, 1.54) is 10.4 Å². The number of thiophene rings is 1. The van der Waals surface area contributed by atoms with Crippen molar-refractivity contribution in [2.75, 3.05) is 13.6 Å². The lowest BCUT2D eigenvalue weighted by atomic mass is 10.2. The number of hydrazine groups is 1. The summed E-state index contributed by atoms with van der Waals surface area (Å²) in [5.41, 5.74) is 6.58. The van der Waals surface area contributed by atoms with Crippen LogP contribution in [0.15, 0.2) is 41.8 Å². The van der Waals surface area contributed by atoms with Crippen LogP contribution in [-0.4, -0.2) is 30.3 Å². The molecule has 5 nitrogen and oxygen atoms in total. The van der Waals surface area contributed by atoms with Gasteiger partial charge in [0.15, 0.2) is 0 Å². The van der Waals surface area contributed by atoms with E-state index < -0.39 is 0 Å². The van der Waals surface area contributed by atoms with Gasteiger partial charge in [0.05, 0.1) is 6.54 Å². The number of aryl methyl sites for hydroxylation is 1. The predicted octanol–water partition coefficient (Wildman–Crippen LogP) is 1.95.